The van der Waals surface area contributed by atoms with Crippen molar-refractivity contribution in [3.05, 3.63) is 92.9 Å². The van der Waals surface area contributed by atoms with Gasteiger partial charge in [0.15, 0.2) is 0 Å². The van der Waals surface area contributed by atoms with Crippen LogP contribution in [0.4, 0.5) is 10.5 Å². The number of anilines is 1. The van der Waals surface area contributed by atoms with Crippen molar-refractivity contribution in [1.82, 2.24) is 9.88 Å². The first-order valence-electron chi connectivity index (χ1n) is 9.75. The number of phenolic OH excluding ortho intramolecular Hbond substituents is 1. The number of hydrogen-bond donors (Lipinski definition) is 4. The molecule has 1 heterocycles. The summed E-state index contributed by atoms with van der Waals surface area (Å²) in [5.74, 6) is -1.05. The van der Waals surface area contributed by atoms with Crippen LogP contribution in [0.3, 0.4) is 0 Å². The number of carbonyl (C=O) groups is 2. The fourth-order valence-electron chi connectivity index (χ4n) is 3.16. The van der Waals surface area contributed by atoms with Crippen LogP contribution in [0.5, 0.6) is 5.75 Å². The maximum Gasteiger partial charge on any atom is 0.319 e. The zero-order valence-electron chi connectivity index (χ0n) is 17.2. The number of rotatable bonds is 7. The lowest BCUT2D eigenvalue weighted by Crippen LogP contribution is -2.36. The molecule has 2 amide bonds. The maximum atomic E-state index is 12.8. The van der Waals surface area contributed by atoms with E-state index >= 15 is 0 Å². The van der Waals surface area contributed by atoms with Crippen molar-refractivity contribution in [1.29, 1.82) is 0 Å². The summed E-state index contributed by atoms with van der Waals surface area (Å²) in [5.41, 5.74) is 1.71. The SMILES string of the molecule is Cc1ccc([C@H](CC(=O)O)NC(=O)Nc2cccn(Cc3cc(O)ccc3Cl)c2=O)cc1. The summed E-state index contributed by atoms with van der Waals surface area (Å²) in [5, 5.41) is 24.4. The Morgan fingerprint density at radius 1 is 1.12 bits per heavy atom. The van der Waals surface area contributed by atoms with Gasteiger partial charge >= 0.3 is 12.0 Å². The number of aromatic nitrogens is 1. The number of aromatic hydroxyl groups is 1. The Hall–Kier alpha value is -3.78. The van der Waals surface area contributed by atoms with Crippen molar-refractivity contribution in [3.63, 3.8) is 0 Å². The van der Waals surface area contributed by atoms with Crippen molar-refractivity contribution < 1.29 is 19.8 Å². The van der Waals surface area contributed by atoms with E-state index in [1.807, 2.05) is 19.1 Å². The van der Waals surface area contributed by atoms with Crippen LogP contribution in [0.15, 0.2) is 65.6 Å². The number of benzene rings is 2. The quantitative estimate of drug-likeness (QED) is 0.430. The number of phenols is 1. The van der Waals surface area contributed by atoms with Gasteiger partial charge in [0.2, 0.25) is 0 Å². The van der Waals surface area contributed by atoms with Crippen LogP contribution in [-0.4, -0.2) is 26.8 Å². The Kier molecular flexibility index (Phi) is 7.17. The van der Waals surface area contributed by atoms with Gasteiger partial charge in [0, 0.05) is 11.2 Å². The number of urea groups is 1. The van der Waals surface area contributed by atoms with E-state index in [-0.39, 0.29) is 24.4 Å². The van der Waals surface area contributed by atoms with Gasteiger partial charge in [-0.25, -0.2) is 4.79 Å². The van der Waals surface area contributed by atoms with E-state index in [2.05, 4.69) is 10.6 Å². The smallest absolute Gasteiger partial charge is 0.319 e. The van der Waals surface area contributed by atoms with Gasteiger partial charge in [-0.05, 0) is 48.4 Å². The van der Waals surface area contributed by atoms with Crippen LogP contribution in [0, 0.1) is 6.92 Å². The Bertz CT molecular complexity index is 1190. The van der Waals surface area contributed by atoms with E-state index in [4.69, 9.17) is 11.6 Å². The van der Waals surface area contributed by atoms with Gasteiger partial charge in [-0.1, -0.05) is 41.4 Å². The summed E-state index contributed by atoms with van der Waals surface area (Å²) in [6.07, 6.45) is 1.22. The zero-order valence-corrected chi connectivity index (χ0v) is 18.0. The lowest BCUT2D eigenvalue weighted by Gasteiger charge is -2.18. The highest BCUT2D eigenvalue weighted by Gasteiger charge is 2.19. The molecule has 0 fully saturated rings. The van der Waals surface area contributed by atoms with Gasteiger partial charge in [-0.2, -0.15) is 0 Å². The third-order valence-corrected chi connectivity index (χ3v) is 5.17. The van der Waals surface area contributed by atoms with Crippen molar-refractivity contribution in [3.8, 4) is 5.75 Å². The average molecular weight is 456 g/mol. The van der Waals surface area contributed by atoms with E-state index in [0.717, 1.165) is 5.56 Å². The van der Waals surface area contributed by atoms with Gasteiger partial charge in [0.1, 0.15) is 11.4 Å². The second-order valence-corrected chi connectivity index (χ2v) is 7.70. The lowest BCUT2D eigenvalue weighted by atomic mass is 10.0. The molecule has 4 N–H and O–H groups in total. The van der Waals surface area contributed by atoms with Gasteiger partial charge in [0.25, 0.3) is 5.56 Å². The monoisotopic (exact) mass is 455 g/mol. The highest BCUT2D eigenvalue weighted by Crippen LogP contribution is 2.22. The molecule has 3 rings (SSSR count). The van der Waals surface area contributed by atoms with Crippen molar-refractivity contribution >= 4 is 29.3 Å². The molecular weight excluding hydrogens is 434 g/mol. The van der Waals surface area contributed by atoms with Crippen molar-refractivity contribution in [2.75, 3.05) is 5.32 Å². The number of carboxylic acids is 1. The predicted molar refractivity (Wildman–Crippen MR) is 121 cm³/mol. The number of hydrogen-bond acceptors (Lipinski definition) is 4. The molecule has 0 unspecified atom stereocenters. The number of amides is 2. The largest absolute Gasteiger partial charge is 0.508 e. The van der Waals surface area contributed by atoms with Crippen LogP contribution in [0.25, 0.3) is 0 Å². The summed E-state index contributed by atoms with van der Waals surface area (Å²) in [6, 6.07) is 13.1. The van der Waals surface area contributed by atoms with Gasteiger partial charge in [-0.3, -0.25) is 9.59 Å². The molecule has 0 bridgehead atoms. The van der Waals surface area contributed by atoms with Gasteiger partial charge in [0.05, 0.1) is 19.0 Å². The Morgan fingerprint density at radius 2 is 1.84 bits per heavy atom. The van der Waals surface area contributed by atoms with Crippen LogP contribution in [0.2, 0.25) is 5.02 Å². The second kappa shape index (κ2) is 10.0. The first-order valence-corrected chi connectivity index (χ1v) is 10.1. The summed E-state index contributed by atoms with van der Waals surface area (Å²) in [4.78, 5) is 36.6. The molecule has 9 heteroatoms. The molecule has 3 aromatic rings. The Balaban J connectivity index is 1.77. The minimum absolute atomic E-state index is 0.0132. The summed E-state index contributed by atoms with van der Waals surface area (Å²) in [7, 11) is 0. The number of aliphatic carboxylic acids is 1. The number of aryl methyl sites for hydroxylation is 1. The van der Waals surface area contributed by atoms with Crippen LogP contribution in [-0.2, 0) is 11.3 Å². The number of halogens is 1. The number of carboxylic acid groups (broad SMARTS) is 1. The highest BCUT2D eigenvalue weighted by molar-refractivity contribution is 6.31. The van der Waals surface area contributed by atoms with E-state index in [1.165, 1.54) is 35.0 Å². The molecule has 32 heavy (non-hydrogen) atoms. The molecule has 0 aliphatic rings. The molecule has 166 valence electrons. The number of pyridine rings is 1. The molecule has 1 atom stereocenters. The summed E-state index contributed by atoms with van der Waals surface area (Å²) >= 11 is 6.14. The van der Waals surface area contributed by atoms with Crippen LogP contribution >= 0.6 is 11.6 Å². The van der Waals surface area contributed by atoms with Gasteiger partial charge < -0.3 is 25.4 Å². The van der Waals surface area contributed by atoms with Crippen LogP contribution in [0.1, 0.15) is 29.2 Å². The minimum Gasteiger partial charge on any atom is -0.508 e. The third kappa shape index (κ3) is 5.89. The third-order valence-electron chi connectivity index (χ3n) is 4.80. The molecule has 0 saturated heterocycles. The normalized spacial score (nSPS) is 11.6. The Labute approximate surface area is 189 Å². The fraction of sp³-hybridized carbons (Fsp3) is 0.174. The fourth-order valence-corrected chi connectivity index (χ4v) is 3.34. The topological polar surface area (TPSA) is 121 Å². The molecule has 2 aromatic carbocycles. The molecule has 0 saturated carbocycles. The standard InChI is InChI=1S/C23H22ClN3O5/c1-14-4-6-15(7-5-14)20(12-21(29)30)26-23(32)25-19-3-2-10-27(22(19)31)13-16-11-17(28)8-9-18(16)24/h2-11,20,28H,12-13H2,1H3,(H,29,30)(H2,25,26,32)/t20-/m0/s1. The first-order chi connectivity index (χ1) is 15.2. The van der Waals surface area contributed by atoms with Gasteiger partial charge in [-0.15, -0.1) is 0 Å². The molecular formula is C23H22ClN3O5. The Morgan fingerprint density at radius 3 is 2.53 bits per heavy atom. The lowest BCUT2D eigenvalue weighted by molar-refractivity contribution is -0.137. The molecule has 8 nitrogen and oxygen atoms in total. The second-order valence-electron chi connectivity index (χ2n) is 7.29. The molecule has 0 radical (unpaired) electrons. The molecule has 0 aliphatic carbocycles. The number of carbonyl (C=O) groups excluding carboxylic acids is 1. The number of nitrogens with one attached hydrogen (secondary N) is 2. The first kappa shape index (κ1) is 22.9. The summed E-state index contributed by atoms with van der Waals surface area (Å²) < 4.78 is 1.34. The zero-order chi connectivity index (χ0) is 23.3. The molecule has 0 spiro atoms. The molecule has 1 aromatic heterocycles. The molecule has 0 aliphatic heterocycles. The minimum atomic E-state index is -1.07. The number of nitrogens with zero attached hydrogens (tertiary/aromatic N) is 1. The average Bonchev–Trinajstić information content (AvgIpc) is 2.73. The predicted octanol–water partition coefficient (Wildman–Crippen LogP) is 3.90. The van der Waals surface area contributed by atoms with Crippen molar-refractivity contribution in [2.45, 2.75) is 25.9 Å². The maximum absolute atomic E-state index is 12.8. The van der Waals surface area contributed by atoms with E-state index in [1.54, 1.807) is 18.2 Å². The summed E-state index contributed by atoms with van der Waals surface area (Å²) in [6.45, 7) is 1.99. The van der Waals surface area contributed by atoms with E-state index in [9.17, 15) is 24.6 Å². The van der Waals surface area contributed by atoms with Crippen molar-refractivity contribution in [2.24, 2.45) is 0 Å². The van der Waals surface area contributed by atoms with E-state index in [0.29, 0.717) is 16.1 Å². The highest BCUT2D eigenvalue weighted by atomic mass is 35.5. The van der Waals surface area contributed by atoms with E-state index < -0.39 is 23.6 Å². The van der Waals surface area contributed by atoms with Crippen LogP contribution < -0.4 is 16.2 Å².